The predicted molar refractivity (Wildman–Crippen MR) is 106 cm³/mol. The van der Waals surface area contributed by atoms with Gasteiger partial charge in [-0.2, -0.15) is 0 Å². The first-order valence-electron chi connectivity index (χ1n) is 9.65. The van der Waals surface area contributed by atoms with Crippen LogP contribution in [-0.2, 0) is 11.2 Å². The van der Waals surface area contributed by atoms with Crippen LogP contribution in [-0.4, -0.2) is 40.1 Å². The third kappa shape index (κ3) is 3.82. The van der Waals surface area contributed by atoms with Crippen LogP contribution in [0.4, 0.5) is 0 Å². The first-order valence-corrected chi connectivity index (χ1v) is 9.65. The van der Waals surface area contributed by atoms with Crippen molar-refractivity contribution in [1.29, 1.82) is 0 Å². The number of para-hydroxylation sites is 2. The number of likely N-dealkylation sites (tertiary alicyclic amines) is 1. The molecule has 27 heavy (non-hydrogen) atoms. The number of benzene rings is 2. The van der Waals surface area contributed by atoms with Crippen LogP contribution >= 0.6 is 0 Å². The van der Waals surface area contributed by atoms with Gasteiger partial charge in [-0.15, -0.1) is 0 Å². The molecule has 0 bridgehead atoms. The average Bonchev–Trinajstić information content (AvgIpc) is 3.14. The number of rotatable bonds is 5. The minimum Gasteiger partial charge on any atom is -0.494 e. The topological polar surface area (TPSA) is 47.4 Å². The fourth-order valence-electron chi connectivity index (χ4n) is 3.82. The maximum Gasteiger partial charge on any atom is 0.226 e. The quantitative estimate of drug-likeness (QED) is 0.692. The largest absolute Gasteiger partial charge is 0.494 e. The van der Waals surface area contributed by atoms with E-state index in [0.717, 1.165) is 42.8 Å². The minimum atomic E-state index is 0.202. The Morgan fingerprint density at radius 1 is 1.11 bits per heavy atom. The lowest BCUT2D eigenvalue weighted by molar-refractivity contribution is -0.131. The first-order chi connectivity index (χ1) is 13.2. The number of aromatic nitrogens is 2. The number of carbonyl (C=O) groups is 1. The van der Waals surface area contributed by atoms with Crippen LogP contribution in [0.1, 0.15) is 31.4 Å². The van der Waals surface area contributed by atoms with Crippen molar-refractivity contribution in [3.8, 4) is 5.75 Å². The highest BCUT2D eigenvalue weighted by Gasteiger charge is 2.24. The molecule has 0 radical (unpaired) electrons. The molecule has 1 saturated heterocycles. The molecule has 4 rings (SSSR count). The lowest BCUT2D eigenvalue weighted by Gasteiger charge is -2.33. The van der Waals surface area contributed by atoms with Gasteiger partial charge in [-0.1, -0.05) is 24.3 Å². The first kappa shape index (κ1) is 17.6. The van der Waals surface area contributed by atoms with Crippen molar-refractivity contribution >= 4 is 16.9 Å². The molecule has 140 valence electrons. The molecular weight excluding hydrogens is 338 g/mol. The van der Waals surface area contributed by atoms with Gasteiger partial charge >= 0.3 is 0 Å². The van der Waals surface area contributed by atoms with Crippen molar-refractivity contribution in [3.05, 3.63) is 60.4 Å². The molecule has 5 heteroatoms. The fraction of sp³-hybridized carbons (Fsp3) is 0.364. The Kier molecular flexibility index (Phi) is 5.10. The zero-order valence-electron chi connectivity index (χ0n) is 15.7. The Morgan fingerprint density at radius 3 is 2.59 bits per heavy atom. The highest BCUT2D eigenvalue weighted by molar-refractivity contribution is 5.79. The minimum absolute atomic E-state index is 0.202. The number of piperidine rings is 1. The van der Waals surface area contributed by atoms with Crippen LogP contribution in [0.2, 0.25) is 0 Å². The molecule has 0 N–H and O–H groups in total. The number of carbonyl (C=O) groups excluding carboxylic acids is 1. The summed E-state index contributed by atoms with van der Waals surface area (Å²) >= 11 is 0. The smallest absolute Gasteiger partial charge is 0.226 e. The average molecular weight is 363 g/mol. The van der Waals surface area contributed by atoms with E-state index in [1.807, 2.05) is 54.5 Å². The highest BCUT2D eigenvalue weighted by atomic mass is 16.5. The van der Waals surface area contributed by atoms with Crippen LogP contribution in [0.3, 0.4) is 0 Å². The van der Waals surface area contributed by atoms with Crippen molar-refractivity contribution < 1.29 is 9.53 Å². The molecule has 1 amide bonds. The third-order valence-corrected chi connectivity index (χ3v) is 5.28. The van der Waals surface area contributed by atoms with Crippen molar-refractivity contribution in [2.75, 3.05) is 19.7 Å². The number of imidazole rings is 1. The Morgan fingerprint density at radius 2 is 1.85 bits per heavy atom. The molecule has 1 aliphatic heterocycles. The molecule has 2 aromatic carbocycles. The lowest BCUT2D eigenvalue weighted by atomic mass is 10.0. The zero-order chi connectivity index (χ0) is 18.6. The number of hydrogen-bond donors (Lipinski definition) is 0. The van der Waals surface area contributed by atoms with E-state index >= 15 is 0 Å². The molecule has 0 atom stereocenters. The molecule has 1 fully saturated rings. The van der Waals surface area contributed by atoms with Crippen LogP contribution in [0, 0.1) is 0 Å². The number of ether oxygens (including phenoxy) is 1. The van der Waals surface area contributed by atoms with E-state index in [1.165, 1.54) is 5.52 Å². The van der Waals surface area contributed by atoms with Crippen LogP contribution in [0.5, 0.6) is 5.75 Å². The third-order valence-electron chi connectivity index (χ3n) is 5.28. The molecule has 5 nitrogen and oxygen atoms in total. The van der Waals surface area contributed by atoms with Crippen LogP contribution in [0.25, 0.3) is 11.0 Å². The summed E-state index contributed by atoms with van der Waals surface area (Å²) < 4.78 is 7.72. The van der Waals surface area contributed by atoms with Gasteiger partial charge < -0.3 is 14.2 Å². The van der Waals surface area contributed by atoms with Crippen LogP contribution < -0.4 is 4.74 Å². The summed E-state index contributed by atoms with van der Waals surface area (Å²) in [6.07, 6.45) is 4.32. The standard InChI is InChI=1S/C22H25N3O2/c1-2-27-19-9-7-17(8-10-19)15-22(26)24-13-11-18(12-14-24)25-16-23-20-5-3-4-6-21(20)25/h3-10,16,18H,2,11-15H2,1H3. The summed E-state index contributed by atoms with van der Waals surface area (Å²) in [6, 6.07) is 16.5. The van der Waals surface area contributed by atoms with Crippen molar-refractivity contribution in [3.63, 3.8) is 0 Å². The Balaban J connectivity index is 1.35. The molecule has 0 aliphatic carbocycles. The number of fused-ring (bicyclic) bond motifs is 1. The van der Waals surface area contributed by atoms with E-state index in [1.54, 1.807) is 0 Å². The van der Waals surface area contributed by atoms with E-state index in [-0.39, 0.29) is 5.91 Å². The molecule has 0 unspecified atom stereocenters. The Hall–Kier alpha value is -2.82. The fourth-order valence-corrected chi connectivity index (χ4v) is 3.82. The molecule has 1 aromatic heterocycles. The second kappa shape index (κ2) is 7.82. The molecular formula is C22H25N3O2. The second-order valence-electron chi connectivity index (χ2n) is 7.01. The number of hydrogen-bond acceptors (Lipinski definition) is 3. The van der Waals surface area contributed by atoms with Gasteiger partial charge in [0.2, 0.25) is 5.91 Å². The Labute approximate surface area is 159 Å². The van der Waals surface area contributed by atoms with E-state index in [2.05, 4.69) is 21.7 Å². The molecule has 1 aliphatic rings. The number of amides is 1. The van der Waals surface area contributed by atoms with E-state index < -0.39 is 0 Å². The summed E-state index contributed by atoms with van der Waals surface area (Å²) in [5, 5.41) is 0. The van der Waals surface area contributed by atoms with Gasteiger partial charge in [0, 0.05) is 19.1 Å². The van der Waals surface area contributed by atoms with Crippen LogP contribution in [0.15, 0.2) is 54.9 Å². The van der Waals surface area contributed by atoms with Gasteiger partial charge in [-0.25, -0.2) is 4.98 Å². The van der Waals surface area contributed by atoms with Gasteiger partial charge in [0.25, 0.3) is 0 Å². The monoisotopic (exact) mass is 363 g/mol. The molecule has 3 aromatic rings. The molecule has 0 saturated carbocycles. The van der Waals surface area contributed by atoms with Gasteiger partial charge in [0.1, 0.15) is 5.75 Å². The van der Waals surface area contributed by atoms with Gasteiger partial charge in [0.05, 0.1) is 30.4 Å². The number of nitrogens with zero attached hydrogens (tertiary/aromatic N) is 3. The second-order valence-corrected chi connectivity index (χ2v) is 7.01. The summed E-state index contributed by atoms with van der Waals surface area (Å²) in [4.78, 5) is 19.1. The Bertz CT molecular complexity index is 909. The highest BCUT2D eigenvalue weighted by Crippen LogP contribution is 2.27. The lowest BCUT2D eigenvalue weighted by Crippen LogP contribution is -2.39. The zero-order valence-corrected chi connectivity index (χ0v) is 15.7. The van der Waals surface area contributed by atoms with Crippen molar-refractivity contribution in [2.24, 2.45) is 0 Å². The maximum absolute atomic E-state index is 12.7. The van der Waals surface area contributed by atoms with Gasteiger partial charge in [0.15, 0.2) is 0 Å². The van der Waals surface area contributed by atoms with E-state index in [4.69, 9.17) is 4.74 Å². The van der Waals surface area contributed by atoms with Crippen molar-refractivity contribution in [2.45, 2.75) is 32.2 Å². The van der Waals surface area contributed by atoms with E-state index in [0.29, 0.717) is 19.1 Å². The summed E-state index contributed by atoms with van der Waals surface area (Å²) in [5.41, 5.74) is 3.24. The summed E-state index contributed by atoms with van der Waals surface area (Å²) in [5.74, 6) is 1.05. The molecule has 2 heterocycles. The predicted octanol–water partition coefficient (Wildman–Crippen LogP) is 3.84. The van der Waals surface area contributed by atoms with E-state index in [9.17, 15) is 4.79 Å². The summed E-state index contributed by atoms with van der Waals surface area (Å²) in [6.45, 7) is 4.22. The summed E-state index contributed by atoms with van der Waals surface area (Å²) in [7, 11) is 0. The van der Waals surface area contributed by atoms with Gasteiger partial charge in [-0.3, -0.25) is 4.79 Å². The molecule has 0 spiro atoms. The normalized spacial score (nSPS) is 15.2. The maximum atomic E-state index is 12.7. The SMILES string of the molecule is CCOc1ccc(CC(=O)N2CCC(n3cnc4ccccc43)CC2)cc1. The van der Waals surface area contributed by atoms with Gasteiger partial charge in [-0.05, 0) is 49.6 Å². The van der Waals surface area contributed by atoms with Crippen molar-refractivity contribution in [1.82, 2.24) is 14.5 Å².